The molecule has 0 heterocycles. The molecule has 1 amide bonds. The number of carbonyl (C=O) groups excluding carboxylic acids is 1. The van der Waals surface area contributed by atoms with Gasteiger partial charge in [0.15, 0.2) is 0 Å². The third-order valence-electron chi connectivity index (χ3n) is 2.36. The van der Waals surface area contributed by atoms with Crippen LogP contribution in [0.15, 0.2) is 29.2 Å². The minimum absolute atomic E-state index is 0.00543. The van der Waals surface area contributed by atoms with Crippen LogP contribution in [0.3, 0.4) is 0 Å². The van der Waals surface area contributed by atoms with Gasteiger partial charge in [-0.15, -0.1) is 0 Å². The molecule has 1 atom stereocenters. The van der Waals surface area contributed by atoms with E-state index in [4.69, 9.17) is 5.11 Å². The zero-order valence-corrected chi connectivity index (χ0v) is 11.2. The maximum Gasteiger partial charge on any atom is 0.326 e. The molecule has 1 aromatic rings. The lowest BCUT2D eigenvalue weighted by Crippen LogP contribution is -2.42. The number of alkyl halides is 4. The molecule has 0 aliphatic carbocycles. The van der Waals surface area contributed by atoms with Crippen molar-refractivity contribution in [2.24, 2.45) is 0 Å². The summed E-state index contributed by atoms with van der Waals surface area (Å²) in [4.78, 5) is 22.7. The number of hydrogen-bond donors (Lipinski definition) is 2. The van der Waals surface area contributed by atoms with E-state index in [-0.39, 0.29) is 22.2 Å². The third kappa shape index (κ3) is 6.03. The number of halogens is 4. The highest BCUT2D eigenvalue weighted by Crippen LogP contribution is 2.25. The second-order valence-corrected chi connectivity index (χ2v) is 4.96. The van der Waals surface area contributed by atoms with E-state index in [0.29, 0.717) is 0 Å². The number of carboxylic acids is 1. The molecule has 0 spiro atoms. The van der Waals surface area contributed by atoms with Gasteiger partial charge in [-0.3, -0.25) is 4.79 Å². The number of thioether (sulfide) groups is 1. The normalized spacial score (nSPS) is 12.5. The largest absolute Gasteiger partial charge is 0.480 e. The predicted octanol–water partition coefficient (Wildman–Crippen LogP) is 2.84. The second kappa shape index (κ2) is 7.87. The van der Waals surface area contributed by atoms with Crippen LogP contribution in [0.1, 0.15) is 16.8 Å². The first-order chi connectivity index (χ1) is 9.79. The number of carboxylic acid groups (broad SMARTS) is 1. The number of benzene rings is 1. The highest BCUT2D eigenvalue weighted by Gasteiger charge is 2.24. The molecule has 116 valence electrons. The van der Waals surface area contributed by atoms with Crippen molar-refractivity contribution >= 4 is 23.6 Å². The Morgan fingerprint density at radius 1 is 1.14 bits per heavy atom. The van der Waals surface area contributed by atoms with Crippen LogP contribution in [0, 0.1) is 0 Å². The van der Waals surface area contributed by atoms with E-state index in [0.717, 1.165) is 0 Å². The monoisotopic (exact) mass is 325 g/mol. The standard InChI is InChI=1S/C12H11F4NO3S/c13-9(14)5-8(11(19)20)17-10(18)6-1-3-7(4-2-6)21-12(15)16/h1-4,8-9,12H,5H2,(H,17,18)(H,19,20). The molecule has 2 N–H and O–H groups in total. The maximum absolute atomic E-state index is 12.2. The van der Waals surface area contributed by atoms with Crippen LogP contribution in [-0.4, -0.2) is 35.2 Å². The van der Waals surface area contributed by atoms with Crippen LogP contribution in [0.2, 0.25) is 0 Å². The number of hydrogen-bond acceptors (Lipinski definition) is 3. The van der Waals surface area contributed by atoms with Crippen molar-refractivity contribution < 1.29 is 32.3 Å². The first-order valence-corrected chi connectivity index (χ1v) is 6.54. The molecule has 0 bridgehead atoms. The first kappa shape index (κ1) is 17.3. The first-order valence-electron chi connectivity index (χ1n) is 5.66. The summed E-state index contributed by atoms with van der Waals surface area (Å²) in [5.41, 5.74) is -0.00543. The molecule has 0 fully saturated rings. The summed E-state index contributed by atoms with van der Waals surface area (Å²) in [5, 5.41) is 10.7. The molecule has 0 saturated heterocycles. The van der Waals surface area contributed by atoms with Gasteiger partial charge in [0.2, 0.25) is 6.43 Å². The second-order valence-electron chi connectivity index (χ2n) is 3.89. The van der Waals surface area contributed by atoms with E-state index in [9.17, 15) is 27.2 Å². The highest BCUT2D eigenvalue weighted by molar-refractivity contribution is 7.99. The summed E-state index contributed by atoms with van der Waals surface area (Å²) < 4.78 is 48.6. The molecule has 1 aromatic carbocycles. The Hall–Kier alpha value is -1.77. The Morgan fingerprint density at radius 2 is 1.71 bits per heavy atom. The van der Waals surface area contributed by atoms with E-state index in [1.54, 1.807) is 0 Å². The van der Waals surface area contributed by atoms with E-state index >= 15 is 0 Å². The van der Waals surface area contributed by atoms with Crippen LogP contribution < -0.4 is 5.32 Å². The van der Waals surface area contributed by atoms with Gasteiger partial charge in [0.05, 0.1) is 0 Å². The minimum Gasteiger partial charge on any atom is -0.480 e. The maximum atomic E-state index is 12.2. The van der Waals surface area contributed by atoms with Gasteiger partial charge in [0.25, 0.3) is 11.7 Å². The Morgan fingerprint density at radius 3 is 2.14 bits per heavy atom. The van der Waals surface area contributed by atoms with Crippen molar-refractivity contribution in [3.63, 3.8) is 0 Å². The fourth-order valence-electron chi connectivity index (χ4n) is 1.43. The average Bonchev–Trinajstić information content (AvgIpc) is 2.37. The van der Waals surface area contributed by atoms with Crippen molar-refractivity contribution in [3.8, 4) is 0 Å². The Labute approximate surface area is 121 Å². The molecular weight excluding hydrogens is 314 g/mol. The summed E-state index contributed by atoms with van der Waals surface area (Å²) in [5.74, 6) is -5.04. The van der Waals surface area contributed by atoms with Gasteiger partial charge in [-0.1, -0.05) is 11.8 Å². The Balaban J connectivity index is 2.71. The van der Waals surface area contributed by atoms with Crippen LogP contribution in [0.25, 0.3) is 0 Å². The molecule has 1 unspecified atom stereocenters. The van der Waals surface area contributed by atoms with Gasteiger partial charge < -0.3 is 10.4 Å². The molecule has 0 saturated carbocycles. The number of amides is 1. The summed E-state index contributed by atoms with van der Waals surface area (Å²) in [7, 11) is 0. The fourth-order valence-corrected chi connectivity index (χ4v) is 1.93. The quantitative estimate of drug-likeness (QED) is 0.598. The van der Waals surface area contributed by atoms with Crippen LogP contribution in [0.4, 0.5) is 17.6 Å². The Kier molecular flexibility index (Phi) is 6.47. The Bertz CT molecular complexity index is 496. The summed E-state index contributed by atoms with van der Waals surface area (Å²) >= 11 is 0.288. The molecular formula is C12H11F4NO3S. The number of carbonyl (C=O) groups is 2. The van der Waals surface area contributed by atoms with Crippen LogP contribution in [-0.2, 0) is 4.79 Å². The van der Waals surface area contributed by atoms with Crippen LogP contribution >= 0.6 is 11.8 Å². The molecule has 0 aromatic heterocycles. The lowest BCUT2D eigenvalue weighted by atomic mass is 10.1. The van der Waals surface area contributed by atoms with Crippen LogP contribution in [0.5, 0.6) is 0 Å². The van der Waals surface area contributed by atoms with Gasteiger partial charge in [0, 0.05) is 16.9 Å². The van der Waals surface area contributed by atoms with Crippen molar-refractivity contribution in [1.82, 2.24) is 5.32 Å². The van der Waals surface area contributed by atoms with Crippen molar-refractivity contribution in [2.45, 2.75) is 29.5 Å². The zero-order chi connectivity index (χ0) is 16.0. The van der Waals surface area contributed by atoms with Gasteiger partial charge in [-0.2, -0.15) is 8.78 Å². The molecule has 0 aliphatic rings. The van der Waals surface area contributed by atoms with Crippen molar-refractivity contribution in [1.29, 1.82) is 0 Å². The molecule has 0 aliphatic heterocycles. The fraction of sp³-hybridized carbons (Fsp3) is 0.333. The number of nitrogens with one attached hydrogen (secondary N) is 1. The smallest absolute Gasteiger partial charge is 0.326 e. The lowest BCUT2D eigenvalue weighted by molar-refractivity contribution is -0.140. The minimum atomic E-state index is -2.88. The lowest BCUT2D eigenvalue weighted by Gasteiger charge is -2.14. The van der Waals surface area contributed by atoms with Crippen molar-refractivity contribution in [3.05, 3.63) is 29.8 Å². The summed E-state index contributed by atoms with van der Waals surface area (Å²) in [6, 6.07) is 3.22. The average molecular weight is 325 g/mol. The molecule has 1 rings (SSSR count). The number of aliphatic carboxylic acids is 1. The zero-order valence-electron chi connectivity index (χ0n) is 10.4. The highest BCUT2D eigenvalue weighted by atomic mass is 32.2. The van der Waals surface area contributed by atoms with E-state index in [2.05, 4.69) is 0 Å². The molecule has 9 heteroatoms. The van der Waals surface area contributed by atoms with Crippen molar-refractivity contribution in [2.75, 3.05) is 0 Å². The van der Waals surface area contributed by atoms with E-state index in [1.165, 1.54) is 24.3 Å². The molecule has 0 radical (unpaired) electrons. The summed E-state index contributed by atoms with van der Waals surface area (Å²) in [6.45, 7) is 0. The van der Waals surface area contributed by atoms with Gasteiger partial charge >= 0.3 is 5.97 Å². The molecule has 21 heavy (non-hydrogen) atoms. The third-order valence-corrected chi connectivity index (χ3v) is 3.08. The van der Waals surface area contributed by atoms with E-state index < -0.39 is 36.5 Å². The predicted molar refractivity (Wildman–Crippen MR) is 67.8 cm³/mol. The summed E-state index contributed by atoms with van der Waals surface area (Å²) in [6.07, 6.45) is -3.89. The van der Waals surface area contributed by atoms with Gasteiger partial charge in [-0.25, -0.2) is 13.6 Å². The SMILES string of the molecule is O=C(NC(CC(F)F)C(=O)O)c1ccc(SC(F)F)cc1. The van der Waals surface area contributed by atoms with E-state index in [1.807, 2.05) is 5.32 Å². The molecule has 4 nitrogen and oxygen atoms in total. The number of rotatable bonds is 7. The van der Waals surface area contributed by atoms with Gasteiger partial charge in [-0.05, 0) is 24.3 Å². The topological polar surface area (TPSA) is 66.4 Å². The van der Waals surface area contributed by atoms with Gasteiger partial charge in [0.1, 0.15) is 6.04 Å².